The van der Waals surface area contributed by atoms with Crippen LogP contribution >= 0.6 is 0 Å². The number of aliphatic hydroxyl groups is 3. The van der Waals surface area contributed by atoms with Gasteiger partial charge < -0.3 is 25.4 Å². The normalized spacial score (nSPS) is 16.8. The lowest BCUT2D eigenvalue weighted by atomic mass is 10.1. The van der Waals surface area contributed by atoms with Gasteiger partial charge in [0.25, 0.3) is 0 Å². The number of carbonyl (C=O) groups excluding carboxylic acids is 2. The molecule has 0 fully saturated rings. The molecule has 0 aliphatic heterocycles. The molecule has 0 rings (SSSR count). The summed E-state index contributed by atoms with van der Waals surface area (Å²) in [5, 5.41) is 31.4. The van der Waals surface area contributed by atoms with E-state index in [9.17, 15) is 24.9 Å². The third kappa shape index (κ3) is 8.11. The van der Waals surface area contributed by atoms with E-state index in [0.717, 1.165) is 0 Å². The first-order valence-corrected chi connectivity index (χ1v) is 7.54. The molecule has 7 heteroatoms. The summed E-state index contributed by atoms with van der Waals surface area (Å²) in [4.78, 5) is 22.9. The van der Waals surface area contributed by atoms with Crippen molar-refractivity contribution in [2.24, 2.45) is 0 Å². The minimum absolute atomic E-state index is 0.179. The summed E-state index contributed by atoms with van der Waals surface area (Å²) in [7, 11) is 0. The Morgan fingerprint density at radius 3 is 2.23 bits per heavy atom. The zero-order valence-corrected chi connectivity index (χ0v) is 13.4. The van der Waals surface area contributed by atoms with Crippen molar-refractivity contribution in [2.45, 2.75) is 64.4 Å². The average molecular weight is 317 g/mol. The second-order valence-electron chi connectivity index (χ2n) is 4.93. The van der Waals surface area contributed by atoms with Crippen LogP contribution in [0.25, 0.3) is 0 Å². The largest absolute Gasteiger partial charge is 0.463 e. The molecule has 0 saturated heterocycles. The predicted molar refractivity (Wildman–Crippen MR) is 80.9 cm³/mol. The molecule has 4 unspecified atom stereocenters. The van der Waals surface area contributed by atoms with Gasteiger partial charge >= 0.3 is 5.97 Å². The lowest BCUT2D eigenvalue weighted by molar-refractivity contribution is -0.146. The van der Waals surface area contributed by atoms with E-state index in [1.165, 1.54) is 12.2 Å². The molecule has 0 aliphatic rings. The van der Waals surface area contributed by atoms with Crippen LogP contribution in [-0.4, -0.2) is 58.2 Å². The Bertz CT molecular complexity index is 371. The van der Waals surface area contributed by atoms with E-state index < -0.39 is 36.2 Å². The first-order valence-electron chi connectivity index (χ1n) is 7.54. The van der Waals surface area contributed by atoms with Crippen LogP contribution in [0.1, 0.15) is 40.0 Å². The quantitative estimate of drug-likeness (QED) is 0.330. The molecular formula is C15H27NO6. The number of nitrogens with one attached hydrogen (secondary N) is 1. The summed E-state index contributed by atoms with van der Waals surface area (Å²) in [6, 6.07) is -0.899. The number of carbonyl (C=O) groups is 2. The molecular weight excluding hydrogens is 290 g/mol. The van der Waals surface area contributed by atoms with Crippen molar-refractivity contribution in [3.8, 4) is 0 Å². The van der Waals surface area contributed by atoms with Gasteiger partial charge in [-0.3, -0.25) is 9.59 Å². The number of amides is 1. The minimum Gasteiger partial charge on any atom is -0.463 e. The maximum absolute atomic E-state index is 11.7. The first-order chi connectivity index (χ1) is 10.3. The summed E-state index contributed by atoms with van der Waals surface area (Å²) in [5.74, 6) is -1.11. The SMILES string of the molecule is CCC(=O)OCC(NC(=O)C(O)CC)C(O)/C=C/C(O)CC. The molecule has 0 aromatic rings. The number of ether oxygens (including phenoxy) is 1. The number of rotatable bonds is 10. The molecule has 0 heterocycles. The van der Waals surface area contributed by atoms with Gasteiger partial charge in [0.2, 0.25) is 5.91 Å². The highest BCUT2D eigenvalue weighted by molar-refractivity contribution is 5.80. The predicted octanol–water partition coefficient (Wildman–Crippen LogP) is -0.117. The monoisotopic (exact) mass is 317 g/mol. The fourth-order valence-corrected chi connectivity index (χ4v) is 1.49. The fourth-order valence-electron chi connectivity index (χ4n) is 1.49. The number of hydrogen-bond donors (Lipinski definition) is 4. The Morgan fingerprint density at radius 1 is 1.09 bits per heavy atom. The third-order valence-corrected chi connectivity index (χ3v) is 3.09. The minimum atomic E-state index is -1.19. The van der Waals surface area contributed by atoms with Crippen molar-refractivity contribution < 1.29 is 29.6 Å². The maximum Gasteiger partial charge on any atom is 0.305 e. The van der Waals surface area contributed by atoms with Gasteiger partial charge in [-0.2, -0.15) is 0 Å². The number of hydrogen-bond acceptors (Lipinski definition) is 6. The Morgan fingerprint density at radius 2 is 1.73 bits per heavy atom. The smallest absolute Gasteiger partial charge is 0.305 e. The van der Waals surface area contributed by atoms with E-state index >= 15 is 0 Å². The topological polar surface area (TPSA) is 116 Å². The van der Waals surface area contributed by atoms with Gasteiger partial charge in [-0.1, -0.05) is 32.9 Å². The molecule has 4 N–H and O–H groups in total. The van der Waals surface area contributed by atoms with E-state index in [1.54, 1.807) is 20.8 Å². The standard InChI is InChI=1S/C15H27NO6/c1-4-10(17)7-8-13(19)11(9-22-14(20)6-3)16-15(21)12(18)5-2/h7-8,10-13,17-19H,4-6,9H2,1-3H3,(H,16,21)/b8-7+. The van der Waals surface area contributed by atoms with Crippen LogP contribution in [0.4, 0.5) is 0 Å². The van der Waals surface area contributed by atoms with E-state index in [2.05, 4.69) is 5.32 Å². The molecule has 0 bridgehead atoms. The average Bonchev–Trinajstić information content (AvgIpc) is 2.54. The van der Waals surface area contributed by atoms with E-state index in [1.807, 2.05) is 0 Å². The summed E-state index contributed by atoms with van der Waals surface area (Å²) < 4.78 is 4.93. The van der Waals surface area contributed by atoms with Crippen molar-refractivity contribution in [1.82, 2.24) is 5.32 Å². The fraction of sp³-hybridized carbons (Fsp3) is 0.733. The third-order valence-electron chi connectivity index (χ3n) is 3.09. The second kappa shape index (κ2) is 11.2. The summed E-state index contributed by atoms with van der Waals surface area (Å²) in [5.41, 5.74) is 0. The Hall–Kier alpha value is -1.44. The molecule has 128 valence electrons. The Labute approximate surface area is 131 Å². The van der Waals surface area contributed by atoms with Gasteiger partial charge in [-0.05, 0) is 12.8 Å². The lowest BCUT2D eigenvalue weighted by Crippen LogP contribution is -2.49. The van der Waals surface area contributed by atoms with Crippen molar-refractivity contribution in [2.75, 3.05) is 6.61 Å². The van der Waals surface area contributed by atoms with Crippen LogP contribution in [-0.2, 0) is 14.3 Å². The molecule has 1 amide bonds. The van der Waals surface area contributed by atoms with Gasteiger partial charge in [-0.25, -0.2) is 0 Å². The highest BCUT2D eigenvalue weighted by Gasteiger charge is 2.24. The van der Waals surface area contributed by atoms with Gasteiger partial charge in [0.15, 0.2) is 0 Å². The van der Waals surface area contributed by atoms with E-state index in [4.69, 9.17) is 4.74 Å². The van der Waals surface area contributed by atoms with Crippen LogP contribution in [0.5, 0.6) is 0 Å². The summed E-state index contributed by atoms with van der Waals surface area (Å²) in [6.45, 7) is 4.83. The van der Waals surface area contributed by atoms with Crippen LogP contribution in [0.15, 0.2) is 12.2 Å². The second-order valence-corrected chi connectivity index (χ2v) is 4.93. The van der Waals surface area contributed by atoms with Crippen molar-refractivity contribution in [3.05, 3.63) is 12.2 Å². The van der Waals surface area contributed by atoms with Gasteiger partial charge in [0.1, 0.15) is 12.7 Å². The van der Waals surface area contributed by atoms with Gasteiger partial charge in [0, 0.05) is 6.42 Å². The summed E-state index contributed by atoms with van der Waals surface area (Å²) in [6.07, 6.45) is 0.580. The molecule has 0 aromatic carbocycles. The molecule has 0 spiro atoms. The Kier molecular flexibility index (Phi) is 10.4. The molecule has 0 radical (unpaired) electrons. The van der Waals surface area contributed by atoms with Crippen LogP contribution in [0, 0.1) is 0 Å². The van der Waals surface area contributed by atoms with Gasteiger partial charge in [-0.15, -0.1) is 0 Å². The lowest BCUT2D eigenvalue weighted by Gasteiger charge is -2.23. The molecule has 0 aliphatic carbocycles. The maximum atomic E-state index is 11.7. The highest BCUT2D eigenvalue weighted by Crippen LogP contribution is 2.03. The zero-order valence-electron chi connectivity index (χ0n) is 13.4. The van der Waals surface area contributed by atoms with Crippen LogP contribution in [0.3, 0.4) is 0 Å². The molecule has 0 aromatic heterocycles. The van der Waals surface area contributed by atoms with E-state index in [0.29, 0.717) is 6.42 Å². The van der Waals surface area contributed by atoms with Crippen LogP contribution in [0.2, 0.25) is 0 Å². The molecule has 7 nitrogen and oxygen atoms in total. The Balaban J connectivity index is 4.79. The van der Waals surface area contributed by atoms with Gasteiger partial charge in [0.05, 0.1) is 18.2 Å². The summed E-state index contributed by atoms with van der Waals surface area (Å²) >= 11 is 0. The highest BCUT2D eigenvalue weighted by atomic mass is 16.5. The number of esters is 1. The zero-order chi connectivity index (χ0) is 17.1. The molecule has 22 heavy (non-hydrogen) atoms. The van der Waals surface area contributed by atoms with Crippen molar-refractivity contribution >= 4 is 11.9 Å². The van der Waals surface area contributed by atoms with Crippen molar-refractivity contribution in [3.63, 3.8) is 0 Å². The molecule has 4 atom stereocenters. The first kappa shape index (κ1) is 20.6. The van der Waals surface area contributed by atoms with E-state index in [-0.39, 0.29) is 19.4 Å². The number of aliphatic hydroxyl groups excluding tert-OH is 3. The van der Waals surface area contributed by atoms with Crippen molar-refractivity contribution in [1.29, 1.82) is 0 Å². The molecule has 0 saturated carbocycles. The van der Waals surface area contributed by atoms with Crippen LogP contribution < -0.4 is 5.32 Å².